The van der Waals surface area contributed by atoms with Crippen LogP contribution in [-0.4, -0.2) is 43.7 Å². The molecule has 1 aromatic carbocycles. The molecule has 1 aliphatic heterocycles. The van der Waals surface area contributed by atoms with Crippen LogP contribution < -0.4 is 14.8 Å². The SMILES string of the molecule is COc1cc2c(cc1OC)CCNCC2.O=C(O)O. The summed E-state index contributed by atoms with van der Waals surface area (Å²) >= 11 is 0. The molecule has 3 N–H and O–H groups in total. The topological polar surface area (TPSA) is 88.0 Å². The van der Waals surface area contributed by atoms with Crippen LogP contribution in [0.2, 0.25) is 0 Å². The van der Waals surface area contributed by atoms with Crippen LogP contribution in [0.1, 0.15) is 11.1 Å². The Morgan fingerprint density at radius 1 is 1.05 bits per heavy atom. The van der Waals surface area contributed by atoms with E-state index in [-0.39, 0.29) is 0 Å². The molecule has 2 rings (SSSR count). The van der Waals surface area contributed by atoms with Crippen LogP contribution in [0.5, 0.6) is 11.5 Å². The molecule has 19 heavy (non-hydrogen) atoms. The van der Waals surface area contributed by atoms with Gasteiger partial charge >= 0.3 is 6.16 Å². The van der Waals surface area contributed by atoms with Crippen molar-refractivity contribution in [3.63, 3.8) is 0 Å². The molecule has 0 fully saturated rings. The van der Waals surface area contributed by atoms with Gasteiger partial charge in [0.25, 0.3) is 0 Å². The van der Waals surface area contributed by atoms with Crippen molar-refractivity contribution in [1.29, 1.82) is 0 Å². The van der Waals surface area contributed by atoms with E-state index in [1.165, 1.54) is 11.1 Å². The number of benzene rings is 1. The van der Waals surface area contributed by atoms with Crippen LogP contribution in [0, 0.1) is 0 Å². The van der Waals surface area contributed by atoms with Gasteiger partial charge in [-0.2, -0.15) is 0 Å². The van der Waals surface area contributed by atoms with Gasteiger partial charge in [-0.1, -0.05) is 0 Å². The predicted molar refractivity (Wildman–Crippen MR) is 70.5 cm³/mol. The van der Waals surface area contributed by atoms with Crippen LogP contribution in [0.3, 0.4) is 0 Å². The molecule has 1 aliphatic rings. The van der Waals surface area contributed by atoms with Gasteiger partial charge in [-0.3, -0.25) is 0 Å². The normalized spacial score (nSPS) is 13.4. The molecule has 6 nitrogen and oxygen atoms in total. The van der Waals surface area contributed by atoms with E-state index < -0.39 is 6.16 Å². The Labute approximate surface area is 112 Å². The molecule has 0 saturated heterocycles. The smallest absolute Gasteiger partial charge is 0.493 e. The lowest BCUT2D eigenvalue weighted by atomic mass is 10.0. The number of hydrogen-bond acceptors (Lipinski definition) is 4. The van der Waals surface area contributed by atoms with Crippen molar-refractivity contribution in [2.45, 2.75) is 12.8 Å². The average molecular weight is 269 g/mol. The molecule has 0 aromatic heterocycles. The number of ether oxygens (including phenoxy) is 2. The molecule has 0 unspecified atom stereocenters. The number of carboxylic acid groups (broad SMARTS) is 2. The van der Waals surface area contributed by atoms with E-state index >= 15 is 0 Å². The zero-order chi connectivity index (χ0) is 14.3. The lowest BCUT2D eigenvalue weighted by molar-refractivity contribution is 0.137. The predicted octanol–water partition coefficient (Wildman–Crippen LogP) is 1.61. The van der Waals surface area contributed by atoms with Crippen molar-refractivity contribution in [3.8, 4) is 11.5 Å². The van der Waals surface area contributed by atoms with Gasteiger partial charge in [0.2, 0.25) is 0 Å². The van der Waals surface area contributed by atoms with Crippen LogP contribution in [0.25, 0.3) is 0 Å². The van der Waals surface area contributed by atoms with Crippen molar-refractivity contribution >= 4 is 6.16 Å². The van der Waals surface area contributed by atoms with E-state index in [0.29, 0.717) is 0 Å². The highest BCUT2D eigenvalue weighted by Gasteiger charge is 2.12. The van der Waals surface area contributed by atoms with Gasteiger partial charge in [0.1, 0.15) is 0 Å². The van der Waals surface area contributed by atoms with E-state index in [2.05, 4.69) is 17.4 Å². The number of methoxy groups -OCH3 is 2. The number of carbonyl (C=O) groups is 1. The second-order valence-electron chi connectivity index (χ2n) is 4.01. The van der Waals surface area contributed by atoms with E-state index in [0.717, 1.165) is 37.4 Å². The van der Waals surface area contributed by atoms with Crippen molar-refractivity contribution in [2.75, 3.05) is 27.3 Å². The first kappa shape index (κ1) is 15.1. The number of hydrogen-bond donors (Lipinski definition) is 3. The Kier molecular flexibility index (Phi) is 5.95. The van der Waals surface area contributed by atoms with Gasteiger partial charge in [-0.05, 0) is 49.2 Å². The quantitative estimate of drug-likeness (QED) is 0.756. The highest BCUT2D eigenvalue weighted by Crippen LogP contribution is 2.31. The fraction of sp³-hybridized carbons (Fsp3) is 0.462. The maximum absolute atomic E-state index is 8.56. The van der Waals surface area contributed by atoms with Gasteiger partial charge in [0.05, 0.1) is 14.2 Å². The molecule has 0 radical (unpaired) electrons. The molecule has 0 spiro atoms. The maximum Gasteiger partial charge on any atom is 0.503 e. The van der Waals surface area contributed by atoms with Crippen LogP contribution in [0.15, 0.2) is 12.1 Å². The first-order valence-electron chi connectivity index (χ1n) is 5.94. The summed E-state index contributed by atoms with van der Waals surface area (Å²) in [5.74, 6) is 1.66. The zero-order valence-electron chi connectivity index (χ0n) is 11.1. The standard InChI is InChI=1S/C12H17NO2.CH2O3/c1-14-11-7-9-3-5-13-6-4-10(9)8-12(11)15-2;2-1(3)4/h7-8,13H,3-6H2,1-2H3;(H2,2,3,4). The van der Waals surface area contributed by atoms with Crippen molar-refractivity contribution in [2.24, 2.45) is 0 Å². The van der Waals surface area contributed by atoms with Gasteiger partial charge in [0, 0.05) is 0 Å². The van der Waals surface area contributed by atoms with Gasteiger partial charge in [-0.25, -0.2) is 4.79 Å². The molecule has 6 heteroatoms. The molecule has 0 aliphatic carbocycles. The second kappa shape index (κ2) is 7.48. The van der Waals surface area contributed by atoms with E-state index in [4.69, 9.17) is 24.5 Å². The third kappa shape index (κ3) is 4.67. The molecule has 106 valence electrons. The molecule has 0 atom stereocenters. The van der Waals surface area contributed by atoms with Gasteiger partial charge < -0.3 is 25.0 Å². The molecular formula is C13H19NO5. The molecule has 0 bridgehead atoms. The Morgan fingerprint density at radius 3 is 1.74 bits per heavy atom. The zero-order valence-corrected chi connectivity index (χ0v) is 11.1. The Morgan fingerprint density at radius 2 is 1.42 bits per heavy atom. The number of rotatable bonds is 2. The van der Waals surface area contributed by atoms with E-state index in [9.17, 15) is 0 Å². The van der Waals surface area contributed by atoms with Gasteiger partial charge in [-0.15, -0.1) is 0 Å². The highest BCUT2D eigenvalue weighted by molar-refractivity contribution is 5.53. The Bertz CT molecular complexity index is 396. The summed E-state index contributed by atoms with van der Waals surface area (Å²) in [6.45, 7) is 2.09. The fourth-order valence-electron chi connectivity index (χ4n) is 2.00. The minimum Gasteiger partial charge on any atom is -0.493 e. The summed E-state index contributed by atoms with van der Waals surface area (Å²) in [6, 6.07) is 4.20. The second-order valence-corrected chi connectivity index (χ2v) is 4.01. The Hall–Kier alpha value is -1.95. The minimum atomic E-state index is -1.83. The van der Waals surface area contributed by atoms with Crippen molar-refractivity contribution in [3.05, 3.63) is 23.3 Å². The lowest BCUT2D eigenvalue weighted by Gasteiger charge is -2.12. The summed E-state index contributed by atoms with van der Waals surface area (Å²) in [5.41, 5.74) is 2.75. The van der Waals surface area contributed by atoms with Crippen LogP contribution in [0.4, 0.5) is 4.79 Å². The summed E-state index contributed by atoms with van der Waals surface area (Å²) in [4.78, 5) is 8.56. The average Bonchev–Trinajstić information content (AvgIpc) is 2.60. The van der Waals surface area contributed by atoms with Crippen molar-refractivity contribution < 1.29 is 24.5 Å². The fourth-order valence-corrected chi connectivity index (χ4v) is 2.00. The number of nitrogens with one attached hydrogen (secondary N) is 1. The Balaban J connectivity index is 0.000000399. The van der Waals surface area contributed by atoms with Crippen molar-refractivity contribution in [1.82, 2.24) is 5.32 Å². The molecule has 0 saturated carbocycles. The third-order valence-corrected chi connectivity index (χ3v) is 2.85. The van der Waals surface area contributed by atoms with E-state index in [1.807, 2.05) is 0 Å². The summed E-state index contributed by atoms with van der Waals surface area (Å²) < 4.78 is 10.6. The molecule has 0 amide bonds. The molecule has 1 aromatic rings. The van der Waals surface area contributed by atoms with E-state index in [1.54, 1.807) is 14.2 Å². The van der Waals surface area contributed by atoms with Gasteiger partial charge in [0.15, 0.2) is 11.5 Å². The largest absolute Gasteiger partial charge is 0.503 e. The first-order valence-corrected chi connectivity index (χ1v) is 5.94. The lowest BCUT2D eigenvalue weighted by Crippen LogP contribution is -2.16. The number of fused-ring (bicyclic) bond motifs is 1. The monoisotopic (exact) mass is 269 g/mol. The third-order valence-electron chi connectivity index (χ3n) is 2.85. The van der Waals surface area contributed by atoms with Crippen LogP contribution in [-0.2, 0) is 12.8 Å². The highest BCUT2D eigenvalue weighted by atomic mass is 16.6. The molecule has 1 heterocycles. The maximum atomic E-state index is 8.56. The minimum absolute atomic E-state index is 0.832. The van der Waals surface area contributed by atoms with Crippen LogP contribution >= 0.6 is 0 Å². The summed E-state index contributed by atoms with van der Waals surface area (Å²) in [6.07, 6.45) is 0.297. The molecular weight excluding hydrogens is 250 g/mol. The summed E-state index contributed by atoms with van der Waals surface area (Å²) in [5, 5.41) is 17.3. The first-order chi connectivity index (χ1) is 9.08. The summed E-state index contributed by atoms with van der Waals surface area (Å²) in [7, 11) is 3.36.